The molecule has 4 aromatic rings. The van der Waals surface area contributed by atoms with E-state index in [-0.39, 0.29) is 6.61 Å². The third-order valence-corrected chi connectivity index (χ3v) is 5.40. The monoisotopic (exact) mass is 490 g/mol. The third-order valence-electron chi connectivity index (χ3n) is 5.40. The lowest BCUT2D eigenvalue weighted by atomic mass is 10.2. The van der Waals surface area contributed by atoms with Gasteiger partial charge in [-0.3, -0.25) is 0 Å². The van der Waals surface area contributed by atoms with E-state index in [0.29, 0.717) is 35.5 Å². The zero-order chi connectivity index (χ0) is 25.5. The van der Waals surface area contributed by atoms with Gasteiger partial charge in [-0.1, -0.05) is 11.2 Å². The number of nitrogens with zero attached hydrogens (tertiary/aromatic N) is 2. The fraction of sp³-hybridized carbons (Fsp3) is 0.222. The molecule has 9 heteroatoms. The van der Waals surface area contributed by atoms with E-state index in [9.17, 15) is 4.79 Å². The molecule has 2 heterocycles. The van der Waals surface area contributed by atoms with Gasteiger partial charge < -0.3 is 27.9 Å². The summed E-state index contributed by atoms with van der Waals surface area (Å²) in [6.07, 6.45) is 4.43. The summed E-state index contributed by atoms with van der Waals surface area (Å²) in [6.45, 7) is 4.00. The van der Waals surface area contributed by atoms with Gasteiger partial charge in [0.25, 0.3) is 0 Å². The van der Waals surface area contributed by atoms with E-state index in [0.717, 1.165) is 28.1 Å². The number of methoxy groups -OCH3 is 2. The number of benzene rings is 2. The highest BCUT2D eigenvalue weighted by Gasteiger charge is 2.12. The molecule has 0 unspecified atom stereocenters. The summed E-state index contributed by atoms with van der Waals surface area (Å²) in [5, 5.41) is 3.93. The van der Waals surface area contributed by atoms with Crippen LogP contribution in [0.25, 0.3) is 17.5 Å². The van der Waals surface area contributed by atoms with Gasteiger partial charge in [0.05, 0.1) is 25.5 Å². The first-order valence-corrected chi connectivity index (χ1v) is 11.1. The number of aromatic nitrogens is 2. The highest BCUT2D eigenvalue weighted by molar-refractivity contribution is 5.87. The third kappa shape index (κ3) is 5.93. The van der Waals surface area contributed by atoms with Crippen molar-refractivity contribution in [3.63, 3.8) is 0 Å². The van der Waals surface area contributed by atoms with Crippen LogP contribution in [0.2, 0.25) is 0 Å². The topological polar surface area (TPSA) is 106 Å². The van der Waals surface area contributed by atoms with Crippen LogP contribution >= 0.6 is 0 Å². The molecule has 2 aromatic carbocycles. The maximum atomic E-state index is 12.2. The summed E-state index contributed by atoms with van der Waals surface area (Å²) in [4.78, 5) is 16.6. The summed E-state index contributed by atoms with van der Waals surface area (Å²) in [7, 11) is 3.16. The van der Waals surface area contributed by atoms with Gasteiger partial charge in [0, 0.05) is 11.6 Å². The van der Waals surface area contributed by atoms with E-state index in [1.165, 1.54) is 12.3 Å². The van der Waals surface area contributed by atoms with E-state index in [1.54, 1.807) is 32.4 Å². The number of aryl methyl sites for hydroxylation is 2. The molecule has 0 aliphatic heterocycles. The Morgan fingerprint density at radius 1 is 1.00 bits per heavy atom. The molecule has 0 atom stereocenters. The van der Waals surface area contributed by atoms with Gasteiger partial charge in [-0.05, 0) is 61.9 Å². The van der Waals surface area contributed by atoms with Gasteiger partial charge in [0.2, 0.25) is 5.89 Å². The Bertz CT molecular complexity index is 1330. The summed E-state index contributed by atoms with van der Waals surface area (Å²) in [5.41, 5.74) is 3.72. The number of oxazole rings is 1. The minimum Gasteiger partial charge on any atom is -0.497 e. The first-order chi connectivity index (χ1) is 17.5. The van der Waals surface area contributed by atoms with Crippen molar-refractivity contribution in [3.8, 4) is 28.7 Å². The molecular weight excluding hydrogens is 464 g/mol. The number of hydrogen-bond acceptors (Lipinski definition) is 9. The van der Waals surface area contributed by atoms with Crippen LogP contribution in [0.5, 0.6) is 17.2 Å². The molecule has 0 aliphatic carbocycles. The summed E-state index contributed by atoms with van der Waals surface area (Å²) in [5.74, 6) is 2.47. The van der Waals surface area contributed by atoms with E-state index in [1.807, 2.05) is 44.2 Å². The van der Waals surface area contributed by atoms with E-state index < -0.39 is 5.97 Å². The van der Waals surface area contributed by atoms with Crippen LogP contribution in [0.15, 0.2) is 63.7 Å². The highest BCUT2D eigenvalue weighted by atomic mass is 16.5. The highest BCUT2D eigenvalue weighted by Crippen LogP contribution is 2.30. The van der Waals surface area contributed by atoms with Crippen LogP contribution in [-0.4, -0.2) is 30.3 Å². The standard InChI is InChI=1S/C27H26N2O7/c1-17-23(18(2)36-29-17)16-33-24-11-5-19(13-25(24)32-4)6-12-26(30)34-14-21-15-35-27(28-21)20-7-9-22(31-3)10-8-20/h5-13,15H,14,16H2,1-4H3/b12-6+. The molecule has 9 nitrogen and oxygen atoms in total. The lowest BCUT2D eigenvalue weighted by Crippen LogP contribution is -2.01. The molecule has 0 amide bonds. The van der Waals surface area contributed by atoms with Crippen molar-refractivity contribution in [2.24, 2.45) is 0 Å². The Morgan fingerprint density at radius 3 is 2.50 bits per heavy atom. The first kappa shape index (κ1) is 24.6. The van der Waals surface area contributed by atoms with Gasteiger partial charge in [-0.25, -0.2) is 9.78 Å². The molecule has 0 fully saturated rings. The minimum atomic E-state index is -0.512. The predicted molar refractivity (Wildman–Crippen MR) is 131 cm³/mol. The largest absolute Gasteiger partial charge is 0.497 e. The van der Waals surface area contributed by atoms with Crippen molar-refractivity contribution < 1.29 is 32.7 Å². The van der Waals surface area contributed by atoms with Crippen LogP contribution in [0.1, 0.15) is 28.3 Å². The molecule has 186 valence electrons. The summed E-state index contributed by atoms with van der Waals surface area (Å²) >= 11 is 0. The molecule has 0 spiro atoms. The van der Waals surface area contributed by atoms with E-state index >= 15 is 0 Å². The van der Waals surface area contributed by atoms with Crippen molar-refractivity contribution in [2.75, 3.05) is 14.2 Å². The molecule has 0 saturated heterocycles. The molecule has 0 aliphatic rings. The van der Waals surface area contributed by atoms with Crippen LogP contribution in [0.4, 0.5) is 0 Å². The van der Waals surface area contributed by atoms with Gasteiger partial charge in [-0.15, -0.1) is 0 Å². The smallest absolute Gasteiger partial charge is 0.331 e. The number of rotatable bonds is 10. The lowest BCUT2D eigenvalue weighted by molar-refractivity contribution is -0.139. The SMILES string of the molecule is COc1ccc(-c2nc(COC(=O)/C=C/c3ccc(OCc4c(C)noc4C)c(OC)c3)co2)cc1. The Balaban J connectivity index is 1.32. The van der Waals surface area contributed by atoms with E-state index in [4.69, 9.17) is 27.9 Å². The van der Waals surface area contributed by atoms with Crippen molar-refractivity contribution in [2.45, 2.75) is 27.1 Å². The van der Waals surface area contributed by atoms with Crippen LogP contribution in [0.3, 0.4) is 0 Å². The first-order valence-electron chi connectivity index (χ1n) is 11.1. The van der Waals surface area contributed by atoms with Gasteiger partial charge in [0.15, 0.2) is 11.5 Å². The number of carbonyl (C=O) groups excluding carboxylic acids is 1. The summed E-state index contributed by atoms with van der Waals surface area (Å²) in [6, 6.07) is 12.7. The summed E-state index contributed by atoms with van der Waals surface area (Å²) < 4.78 is 32.4. The molecule has 36 heavy (non-hydrogen) atoms. The molecule has 0 bridgehead atoms. The quantitative estimate of drug-likeness (QED) is 0.216. The maximum absolute atomic E-state index is 12.2. The Hall–Kier alpha value is -4.53. The molecule has 0 saturated carbocycles. The molecule has 0 radical (unpaired) electrons. The average Bonchev–Trinajstić information content (AvgIpc) is 3.51. The van der Waals surface area contributed by atoms with Gasteiger partial charge in [-0.2, -0.15) is 0 Å². The lowest BCUT2D eigenvalue weighted by Gasteiger charge is -2.11. The molecule has 0 N–H and O–H groups in total. The number of carbonyl (C=O) groups is 1. The fourth-order valence-electron chi connectivity index (χ4n) is 3.36. The number of esters is 1. The fourth-order valence-corrected chi connectivity index (χ4v) is 3.36. The minimum absolute atomic E-state index is 0.0133. The number of ether oxygens (including phenoxy) is 4. The Labute approximate surface area is 208 Å². The second-order valence-corrected chi connectivity index (χ2v) is 7.82. The zero-order valence-electron chi connectivity index (χ0n) is 20.4. The van der Waals surface area contributed by atoms with E-state index in [2.05, 4.69) is 10.1 Å². The van der Waals surface area contributed by atoms with Crippen molar-refractivity contribution in [1.29, 1.82) is 0 Å². The second-order valence-electron chi connectivity index (χ2n) is 7.82. The van der Waals surface area contributed by atoms with Crippen LogP contribution < -0.4 is 14.2 Å². The molecule has 4 rings (SSSR count). The zero-order valence-corrected chi connectivity index (χ0v) is 20.4. The average molecular weight is 491 g/mol. The van der Waals surface area contributed by atoms with Crippen LogP contribution in [-0.2, 0) is 22.7 Å². The molecule has 2 aromatic heterocycles. The van der Waals surface area contributed by atoms with Crippen molar-refractivity contribution in [3.05, 3.63) is 83.1 Å². The predicted octanol–water partition coefficient (Wildman–Crippen LogP) is 5.30. The molecular formula is C27H26N2O7. The van der Waals surface area contributed by atoms with Gasteiger partial charge in [0.1, 0.15) is 36.7 Å². The van der Waals surface area contributed by atoms with Crippen molar-refractivity contribution >= 4 is 12.0 Å². The van der Waals surface area contributed by atoms with Crippen molar-refractivity contribution in [1.82, 2.24) is 10.1 Å². The second kappa shape index (κ2) is 11.3. The Kier molecular flexibility index (Phi) is 7.69. The number of hydrogen-bond donors (Lipinski definition) is 0. The normalized spacial score (nSPS) is 11.0. The maximum Gasteiger partial charge on any atom is 0.331 e. The van der Waals surface area contributed by atoms with Crippen LogP contribution in [0, 0.1) is 13.8 Å². The van der Waals surface area contributed by atoms with Gasteiger partial charge >= 0.3 is 5.97 Å². The Morgan fingerprint density at radius 2 is 1.81 bits per heavy atom.